The van der Waals surface area contributed by atoms with Crippen molar-refractivity contribution in [3.05, 3.63) is 64.3 Å². The van der Waals surface area contributed by atoms with E-state index in [4.69, 9.17) is 11.3 Å². The van der Waals surface area contributed by atoms with Crippen LogP contribution >= 0.6 is 0 Å². The molecule has 158 valence electrons. The maximum atomic E-state index is 15.4. The van der Waals surface area contributed by atoms with Crippen LogP contribution in [0.4, 0.5) is 32.0 Å². The molecule has 0 aromatic heterocycles. The largest absolute Gasteiger partial charge is 0.458 e. The van der Waals surface area contributed by atoms with Gasteiger partial charge in [-0.05, 0) is 30.7 Å². The van der Waals surface area contributed by atoms with E-state index in [1.807, 2.05) is 0 Å². The Morgan fingerprint density at radius 2 is 1.80 bits per heavy atom. The number of nitrogens with zero attached hydrogens (tertiary/aromatic N) is 1. The number of rotatable bonds is 2. The number of ether oxygens (including phenoxy) is 1. The van der Waals surface area contributed by atoms with E-state index in [-0.39, 0.29) is 11.4 Å². The third-order valence-corrected chi connectivity index (χ3v) is 5.74. The Morgan fingerprint density at radius 3 is 2.43 bits per heavy atom. The van der Waals surface area contributed by atoms with Crippen molar-refractivity contribution >= 4 is 5.69 Å². The maximum absolute atomic E-state index is 15.4. The summed E-state index contributed by atoms with van der Waals surface area (Å²) in [5.41, 5.74) is -7.77. The first-order valence-electron chi connectivity index (χ1n) is 8.92. The molecule has 4 rings (SSSR count). The summed E-state index contributed by atoms with van der Waals surface area (Å²) in [5.74, 6) is -11.1. The van der Waals surface area contributed by atoms with Crippen molar-refractivity contribution in [3.8, 4) is 11.5 Å². The van der Waals surface area contributed by atoms with Gasteiger partial charge in [0.05, 0.1) is 6.57 Å². The molecule has 0 heterocycles. The molecule has 2 aliphatic rings. The third kappa shape index (κ3) is 2.43. The highest BCUT2D eigenvalue weighted by atomic mass is 19.3. The van der Waals surface area contributed by atoms with E-state index in [1.165, 1.54) is 13.8 Å². The summed E-state index contributed by atoms with van der Waals surface area (Å²) < 4.78 is 93.1. The fourth-order valence-electron chi connectivity index (χ4n) is 4.37. The van der Waals surface area contributed by atoms with E-state index in [2.05, 4.69) is 4.85 Å². The van der Waals surface area contributed by atoms with Crippen LogP contribution in [-0.2, 0) is 11.5 Å². The first kappa shape index (κ1) is 20.5. The van der Waals surface area contributed by atoms with E-state index < -0.39 is 63.7 Å². The molecule has 0 saturated carbocycles. The minimum Gasteiger partial charge on any atom is -0.458 e. The standard InChI is InChI=1S/C21H15F6NO2/c1-18(2)9-19(29)16-13(20(24,25)21(19,26)27)4-5-14(15(16)17(18)23)30-12-7-10(22)6-11(8-12)28-3/h4-8,17,29H,9H2,1-2H3/t17-,19-/m1/s1. The predicted octanol–water partition coefficient (Wildman–Crippen LogP) is 6.54. The van der Waals surface area contributed by atoms with Crippen molar-refractivity contribution in [3.63, 3.8) is 0 Å². The number of hydrogen-bond acceptors (Lipinski definition) is 2. The van der Waals surface area contributed by atoms with Gasteiger partial charge in [-0.15, -0.1) is 0 Å². The van der Waals surface area contributed by atoms with Crippen LogP contribution in [-0.4, -0.2) is 11.0 Å². The van der Waals surface area contributed by atoms with Gasteiger partial charge in [-0.3, -0.25) is 0 Å². The Kier molecular flexibility index (Phi) is 4.05. The van der Waals surface area contributed by atoms with Crippen molar-refractivity contribution in [2.75, 3.05) is 0 Å². The number of aliphatic hydroxyl groups is 1. The molecule has 0 bridgehead atoms. The fourth-order valence-corrected chi connectivity index (χ4v) is 4.37. The third-order valence-electron chi connectivity index (χ3n) is 5.74. The average Bonchev–Trinajstić information content (AvgIpc) is 2.75. The summed E-state index contributed by atoms with van der Waals surface area (Å²) >= 11 is 0. The zero-order valence-corrected chi connectivity index (χ0v) is 15.7. The van der Waals surface area contributed by atoms with Gasteiger partial charge >= 0.3 is 11.8 Å². The van der Waals surface area contributed by atoms with Crippen LogP contribution in [0.1, 0.15) is 43.1 Å². The van der Waals surface area contributed by atoms with Gasteiger partial charge in [0.25, 0.3) is 0 Å². The lowest BCUT2D eigenvalue weighted by Crippen LogP contribution is -2.53. The SMILES string of the molecule is [C-]#[N+]c1cc(F)cc(Oc2ccc3c4c2[C@@H](F)C(C)(C)C[C@]4(O)C(F)(F)C3(F)F)c1. The summed E-state index contributed by atoms with van der Waals surface area (Å²) in [6.45, 7) is 9.45. The van der Waals surface area contributed by atoms with Gasteiger partial charge in [-0.2, -0.15) is 17.6 Å². The zero-order valence-electron chi connectivity index (χ0n) is 15.7. The summed E-state index contributed by atoms with van der Waals surface area (Å²) in [4.78, 5) is 3.06. The summed E-state index contributed by atoms with van der Waals surface area (Å²) in [6.07, 6.45) is -2.96. The summed E-state index contributed by atoms with van der Waals surface area (Å²) in [5, 5.41) is 10.8. The molecular weight excluding hydrogens is 412 g/mol. The smallest absolute Gasteiger partial charge is 0.346 e. The van der Waals surface area contributed by atoms with E-state index in [1.54, 1.807) is 0 Å². The highest BCUT2D eigenvalue weighted by Gasteiger charge is 2.79. The highest BCUT2D eigenvalue weighted by molar-refractivity contribution is 5.60. The lowest BCUT2D eigenvalue weighted by Gasteiger charge is -2.45. The topological polar surface area (TPSA) is 33.8 Å². The number of benzene rings is 2. The Balaban J connectivity index is 1.97. The van der Waals surface area contributed by atoms with Gasteiger partial charge in [0.15, 0.2) is 11.3 Å². The van der Waals surface area contributed by atoms with Gasteiger partial charge in [0.2, 0.25) is 0 Å². The Labute approximate surface area is 167 Å². The average molecular weight is 427 g/mol. The second-order valence-electron chi connectivity index (χ2n) is 8.30. The molecule has 9 heteroatoms. The lowest BCUT2D eigenvalue weighted by atomic mass is 9.65. The second kappa shape index (κ2) is 5.91. The molecule has 0 fully saturated rings. The van der Waals surface area contributed by atoms with Gasteiger partial charge in [-0.1, -0.05) is 13.8 Å². The van der Waals surface area contributed by atoms with Crippen LogP contribution in [0.3, 0.4) is 0 Å². The van der Waals surface area contributed by atoms with E-state index >= 15 is 4.39 Å². The van der Waals surface area contributed by atoms with Gasteiger partial charge < -0.3 is 9.84 Å². The molecule has 1 N–H and O–H groups in total. The molecule has 2 aromatic rings. The van der Waals surface area contributed by atoms with Crippen LogP contribution in [0.15, 0.2) is 30.3 Å². The Bertz CT molecular complexity index is 1110. The molecule has 0 saturated heterocycles. The maximum Gasteiger partial charge on any atom is 0.346 e. The molecule has 0 amide bonds. The number of halogens is 6. The van der Waals surface area contributed by atoms with E-state index in [0.717, 1.165) is 24.3 Å². The van der Waals surface area contributed by atoms with Crippen LogP contribution in [0.2, 0.25) is 0 Å². The van der Waals surface area contributed by atoms with Crippen LogP contribution in [0.25, 0.3) is 4.85 Å². The van der Waals surface area contributed by atoms with Crippen molar-refractivity contribution < 1.29 is 36.2 Å². The monoisotopic (exact) mass is 427 g/mol. The summed E-state index contributed by atoms with van der Waals surface area (Å²) in [7, 11) is 0. The Morgan fingerprint density at radius 1 is 1.13 bits per heavy atom. The van der Waals surface area contributed by atoms with Gasteiger partial charge in [0, 0.05) is 28.2 Å². The molecule has 3 nitrogen and oxygen atoms in total. The molecule has 2 atom stereocenters. The van der Waals surface area contributed by atoms with Crippen LogP contribution < -0.4 is 4.74 Å². The molecule has 2 aromatic carbocycles. The van der Waals surface area contributed by atoms with E-state index in [9.17, 15) is 27.1 Å². The second-order valence-corrected chi connectivity index (χ2v) is 8.30. The zero-order chi connectivity index (χ0) is 22.3. The Hall–Kier alpha value is -2.73. The molecule has 0 radical (unpaired) electrons. The predicted molar refractivity (Wildman–Crippen MR) is 94.2 cm³/mol. The van der Waals surface area contributed by atoms with Crippen molar-refractivity contribution in [2.24, 2.45) is 5.41 Å². The van der Waals surface area contributed by atoms with Crippen LogP contribution in [0, 0.1) is 17.8 Å². The van der Waals surface area contributed by atoms with Gasteiger partial charge in [0.1, 0.15) is 23.5 Å². The highest BCUT2D eigenvalue weighted by Crippen LogP contribution is 2.69. The van der Waals surface area contributed by atoms with Crippen LogP contribution in [0.5, 0.6) is 11.5 Å². The fraction of sp³-hybridized carbons (Fsp3) is 0.381. The first-order chi connectivity index (χ1) is 13.8. The minimum absolute atomic E-state index is 0.133. The molecule has 0 spiro atoms. The quantitative estimate of drug-likeness (QED) is 0.436. The van der Waals surface area contributed by atoms with Crippen molar-refractivity contribution in [1.82, 2.24) is 0 Å². The molecule has 0 unspecified atom stereocenters. The molecule has 2 aliphatic carbocycles. The molecule has 30 heavy (non-hydrogen) atoms. The van der Waals surface area contributed by atoms with Crippen molar-refractivity contribution in [2.45, 2.75) is 43.9 Å². The first-order valence-corrected chi connectivity index (χ1v) is 8.92. The lowest BCUT2D eigenvalue weighted by molar-refractivity contribution is -0.296. The number of alkyl halides is 5. The number of hydrogen-bond donors (Lipinski definition) is 1. The van der Waals surface area contributed by atoms with Gasteiger partial charge in [-0.25, -0.2) is 13.6 Å². The molecule has 0 aliphatic heterocycles. The molecular formula is C21H15F6NO2. The van der Waals surface area contributed by atoms with E-state index in [0.29, 0.717) is 6.07 Å². The summed E-state index contributed by atoms with van der Waals surface area (Å²) in [6, 6.07) is 4.48. The van der Waals surface area contributed by atoms with Crippen molar-refractivity contribution in [1.29, 1.82) is 0 Å². The normalized spacial score (nSPS) is 27.3. The minimum atomic E-state index is -4.87.